The van der Waals surface area contributed by atoms with Crippen molar-refractivity contribution in [2.75, 3.05) is 24.8 Å². The van der Waals surface area contributed by atoms with Crippen LogP contribution >= 0.6 is 0 Å². The summed E-state index contributed by atoms with van der Waals surface area (Å²) in [7, 11) is 3.62. The number of methoxy groups -OCH3 is 1. The van der Waals surface area contributed by atoms with Gasteiger partial charge in [-0.15, -0.1) is 0 Å². The Morgan fingerprint density at radius 2 is 1.90 bits per heavy atom. The smallest absolute Gasteiger partial charge is 0.123 e. The van der Waals surface area contributed by atoms with Gasteiger partial charge in [-0.05, 0) is 42.5 Å². The molecule has 0 aliphatic rings. The van der Waals surface area contributed by atoms with Gasteiger partial charge >= 0.3 is 0 Å². The normalized spacial score (nSPS) is 9.85. The minimum Gasteiger partial charge on any atom is -0.496 e. The predicted octanol–water partition coefficient (Wildman–Crippen LogP) is 2.79. The first-order valence-electron chi connectivity index (χ1n) is 6.27. The maximum atomic E-state index is 8.99. The zero-order chi connectivity index (χ0) is 14.5. The number of ether oxygens (including phenoxy) is 1. The van der Waals surface area contributed by atoms with E-state index in [1.165, 1.54) is 0 Å². The number of nitrogen functional groups attached to an aromatic ring is 1. The van der Waals surface area contributed by atoms with Crippen molar-refractivity contribution < 1.29 is 4.74 Å². The van der Waals surface area contributed by atoms with E-state index in [-0.39, 0.29) is 0 Å². The molecule has 0 radical (unpaired) electrons. The van der Waals surface area contributed by atoms with E-state index >= 15 is 0 Å². The highest BCUT2D eigenvalue weighted by Crippen LogP contribution is 2.24. The lowest BCUT2D eigenvalue weighted by molar-refractivity contribution is 0.409. The van der Waals surface area contributed by atoms with Crippen molar-refractivity contribution in [3.8, 4) is 11.8 Å². The highest BCUT2D eigenvalue weighted by molar-refractivity contribution is 5.54. The fourth-order valence-electron chi connectivity index (χ4n) is 2.05. The summed E-state index contributed by atoms with van der Waals surface area (Å²) in [4.78, 5) is 2.08. The molecule has 2 aromatic carbocycles. The highest BCUT2D eigenvalue weighted by Gasteiger charge is 2.08. The van der Waals surface area contributed by atoms with E-state index in [0.717, 1.165) is 22.7 Å². The topological polar surface area (TPSA) is 62.3 Å². The van der Waals surface area contributed by atoms with Gasteiger partial charge in [-0.1, -0.05) is 0 Å². The van der Waals surface area contributed by atoms with Crippen molar-refractivity contribution in [1.82, 2.24) is 0 Å². The summed E-state index contributed by atoms with van der Waals surface area (Å²) >= 11 is 0. The van der Waals surface area contributed by atoms with E-state index in [0.29, 0.717) is 12.1 Å². The molecule has 0 spiro atoms. The number of nitriles is 1. The van der Waals surface area contributed by atoms with Crippen LogP contribution in [-0.2, 0) is 6.54 Å². The van der Waals surface area contributed by atoms with E-state index in [4.69, 9.17) is 15.7 Å². The fourth-order valence-corrected chi connectivity index (χ4v) is 2.05. The molecule has 0 unspecified atom stereocenters. The van der Waals surface area contributed by atoms with Gasteiger partial charge in [0.15, 0.2) is 0 Å². The maximum absolute atomic E-state index is 8.99. The van der Waals surface area contributed by atoms with Crippen molar-refractivity contribution >= 4 is 11.4 Å². The molecule has 2 rings (SSSR count). The molecular weight excluding hydrogens is 250 g/mol. The van der Waals surface area contributed by atoms with Crippen molar-refractivity contribution in [2.24, 2.45) is 0 Å². The zero-order valence-electron chi connectivity index (χ0n) is 11.6. The van der Waals surface area contributed by atoms with Crippen LogP contribution in [0.4, 0.5) is 11.4 Å². The van der Waals surface area contributed by atoms with Gasteiger partial charge in [0.2, 0.25) is 0 Å². The van der Waals surface area contributed by atoms with E-state index < -0.39 is 0 Å². The Morgan fingerprint density at radius 1 is 1.20 bits per heavy atom. The van der Waals surface area contributed by atoms with Gasteiger partial charge < -0.3 is 15.4 Å². The Morgan fingerprint density at radius 3 is 2.50 bits per heavy atom. The van der Waals surface area contributed by atoms with E-state index in [2.05, 4.69) is 11.0 Å². The molecular formula is C16H17N3O. The van der Waals surface area contributed by atoms with Crippen molar-refractivity contribution in [2.45, 2.75) is 6.54 Å². The summed E-state index contributed by atoms with van der Waals surface area (Å²) in [5, 5.41) is 8.99. The van der Waals surface area contributed by atoms with Gasteiger partial charge in [-0.3, -0.25) is 0 Å². The van der Waals surface area contributed by atoms with Crippen LogP contribution in [-0.4, -0.2) is 14.2 Å². The lowest BCUT2D eigenvalue weighted by atomic mass is 10.1. The molecule has 0 aliphatic heterocycles. The number of nitrogens with zero attached hydrogens (tertiary/aromatic N) is 2. The molecule has 0 atom stereocenters. The first-order valence-corrected chi connectivity index (χ1v) is 6.27. The Kier molecular flexibility index (Phi) is 4.11. The number of rotatable bonds is 4. The van der Waals surface area contributed by atoms with Crippen LogP contribution in [0.2, 0.25) is 0 Å². The molecule has 2 aromatic rings. The number of nitrogens with two attached hydrogens (primary N) is 1. The highest BCUT2D eigenvalue weighted by atomic mass is 16.5. The van der Waals surface area contributed by atoms with Crippen LogP contribution in [0.15, 0.2) is 42.5 Å². The molecule has 4 heteroatoms. The number of hydrogen-bond acceptors (Lipinski definition) is 4. The molecule has 0 saturated heterocycles. The van der Waals surface area contributed by atoms with Gasteiger partial charge in [0.25, 0.3) is 0 Å². The number of anilines is 2. The fraction of sp³-hybridized carbons (Fsp3) is 0.188. The zero-order valence-corrected chi connectivity index (χ0v) is 11.6. The van der Waals surface area contributed by atoms with Crippen molar-refractivity contribution in [1.29, 1.82) is 5.26 Å². The van der Waals surface area contributed by atoms with E-state index in [1.807, 2.05) is 43.4 Å². The number of benzene rings is 2. The van der Waals surface area contributed by atoms with Crippen LogP contribution in [0.1, 0.15) is 11.1 Å². The third-order valence-corrected chi connectivity index (χ3v) is 3.15. The summed E-state index contributed by atoms with van der Waals surface area (Å²) in [6.45, 7) is 0.655. The van der Waals surface area contributed by atoms with Gasteiger partial charge in [0.05, 0.1) is 18.7 Å². The standard InChI is InChI=1S/C16H17N3O/c1-19(15-6-4-14(18)5-7-15)11-13-9-12(10-17)3-8-16(13)20-2/h3-9H,11,18H2,1-2H3. The second-order valence-corrected chi connectivity index (χ2v) is 4.59. The SMILES string of the molecule is COc1ccc(C#N)cc1CN(C)c1ccc(N)cc1. The molecule has 0 aromatic heterocycles. The summed E-state index contributed by atoms with van der Waals surface area (Å²) < 4.78 is 5.34. The second-order valence-electron chi connectivity index (χ2n) is 4.59. The van der Waals surface area contributed by atoms with E-state index in [1.54, 1.807) is 13.2 Å². The maximum Gasteiger partial charge on any atom is 0.123 e. The van der Waals surface area contributed by atoms with E-state index in [9.17, 15) is 0 Å². The van der Waals surface area contributed by atoms with Crippen LogP contribution < -0.4 is 15.4 Å². The molecule has 0 saturated carbocycles. The minimum absolute atomic E-state index is 0.631. The Bertz CT molecular complexity index is 629. The molecule has 102 valence electrons. The third kappa shape index (κ3) is 3.01. The molecule has 2 N–H and O–H groups in total. The predicted molar refractivity (Wildman–Crippen MR) is 80.7 cm³/mol. The minimum atomic E-state index is 0.631. The third-order valence-electron chi connectivity index (χ3n) is 3.15. The average molecular weight is 267 g/mol. The van der Waals surface area contributed by atoms with Crippen molar-refractivity contribution in [3.63, 3.8) is 0 Å². The van der Waals surface area contributed by atoms with Gasteiger partial charge in [-0.2, -0.15) is 5.26 Å². The summed E-state index contributed by atoms with van der Waals surface area (Å²) in [6.07, 6.45) is 0. The Hall–Kier alpha value is -2.67. The first-order chi connectivity index (χ1) is 9.63. The van der Waals surface area contributed by atoms with Crippen LogP contribution in [0, 0.1) is 11.3 Å². The Balaban J connectivity index is 2.24. The Labute approximate surface area is 119 Å². The quantitative estimate of drug-likeness (QED) is 0.865. The summed E-state index contributed by atoms with van der Waals surface area (Å²) in [6, 6.07) is 15.3. The molecule has 0 heterocycles. The largest absolute Gasteiger partial charge is 0.496 e. The second kappa shape index (κ2) is 5.98. The summed E-state index contributed by atoms with van der Waals surface area (Å²) in [5.74, 6) is 0.784. The van der Waals surface area contributed by atoms with Crippen LogP contribution in [0.5, 0.6) is 5.75 Å². The molecule has 4 nitrogen and oxygen atoms in total. The van der Waals surface area contributed by atoms with Gasteiger partial charge in [0, 0.05) is 30.5 Å². The first kappa shape index (κ1) is 13.8. The van der Waals surface area contributed by atoms with Gasteiger partial charge in [-0.25, -0.2) is 0 Å². The van der Waals surface area contributed by atoms with Crippen LogP contribution in [0.3, 0.4) is 0 Å². The monoisotopic (exact) mass is 267 g/mol. The van der Waals surface area contributed by atoms with Gasteiger partial charge in [0.1, 0.15) is 5.75 Å². The molecule has 0 fully saturated rings. The van der Waals surface area contributed by atoms with Crippen molar-refractivity contribution in [3.05, 3.63) is 53.6 Å². The van der Waals surface area contributed by atoms with Crippen LogP contribution in [0.25, 0.3) is 0 Å². The molecule has 0 amide bonds. The lowest BCUT2D eigenvalue weighted by Crippen LogP contribution is -2.17. The molecule has 0 bridgehead atoms. The average Bonchev–Trinajstić information content (AvgIpc) is 2.47. The number of hydrogen-bond donors (Lipinski definition) is 1. The molecule has 20 heavy (non-hydrogen) atoms. The lowest BCUT2D eigenvalue weighted by Gasteiger charge is -2.21. The summed E-state index contributed by atoms with van der Waals surface area (Å²) in [5.41, 5.74) is 9.10. The molecule has 0 aliphatic carbocycles.